The molecule has 1 fully saturated rings. The summed E-state index contributed by atoms with van der Waals surface area (Å²) in [6.07, 6.45) is 3.85. The summed E-state index contributed by atoms with van der Waals surface area (Å²) in [7, 11) is 0. The molecule has 1 heterocycles. The van der Waals surface area contributed by atoms with E-state index in [-0.39, 0.29) is 19.1 Å². The van der Waals surface area contributed by atoms with Crippen molar-refractivity contribution in [2.75, 3.05) is 12.3 Å². The van der Waals surface area contributed by atoms with E-state index in [0.29, 0.717) is 11.6 Å². The second kappa shape index (κ2) is 6.05. The minimum Gasteiger partial charge on any atom is -0.396 e. The first-order chi connectivity index (χ1) is 9.87. The van der Waals surface area contributed by atoms with Crippen molar-refractivity contribution in [3.05, 3.63) is 11.4 Å². The standard InChI is InChI=1S/C15H26N4O2/c1-10-5-4-6-15(7-10,9-20)17-13(21)8-19-12(3)14(16)11(2)18-19/h10,20H,4-9,16H2,1-3H3,(H,17,21). The molecular weight excluding hydrogens is 268 g/mol. The third kappa shape index (κ3) is 3.37. The van der Waals surface area contributed by atoms with E-state index in [1.807, 2.05) is 13.8 Å². The number of aliphatic hydroxyl groups excluding tert-OH is 1. The molecule has 6 nitrogen and oxygen atoms in total. The molecule has 1 saturated carbocycles. The molecule has 0 spiro atoms. The minimum absolute atomic E-state index is 0.0116. The monoisotopic (exact) mass is 294 g/mol. The fourth-order valence-corrected chi connectivity index (χ4v) is 3.29. The van der Waals surface area contributed by atoms with Gasteiger partial charge in [-0.2, -0.15) is 5.10 Å². The number of anilines is 1. The van der Waals surface area contributed by atoms with E-state index in [2.05, 4.69) is 17.3 Å². The molecule has 0 bridgehead atoms. The third-order valence-electron chi connectivity index (χ3n) is 4.53. The van der Waals surface area contributed by atoms with Gasteiger partial charge in [-0.15, -0.1) is 0 Å². The van der Waals surface area contributed by atoms with Gasteiger partial charge >= 0.3 is 0 Å². The number of amides is 1. The van der Waals surface area contributed by atoms with Crippen LogP contribution in [0, 0.1) is 19.8 Å². The van der Waals surface area contributed by atoms with E-state index in [1.165, 1.54) is 0 Å². The average molecular weight is 294 g/mol. The number of carbonyl (C=O) groups is 1. The number of carbonyl (C=O) groups excluding carboxylic acids is 1. The normalized spacial score (nSPS) is 25.8. The van der Waals surface area contributed by atoms with Crippen LogP contribution in [0.2, 0.25) is 0 Å². The summed E-state index contributed by atoms with van der Waals surface area (Å²) in [6.45, 7) is 5.97. The highest BCUT2D eigenvalue weighted by molar-refractivity contribution is 5.77. The SMILES string of the molecule is Cc1nn(CC(=O)NC2(CO)CCCC(C)C2)c(C)c1N. The minimum atomic E-state index is -0.476. The molecule has 0 aromatic carbocycles. The number of hydrogen-bond donors (Lipinski definition) is 3. The van der Waals surface area contributed by atoms with Crippen molar-refractivity contribution >= 4 is 11.6 Å². The Hall–Kier alpha value is -1.56. The van der Waals surface area contributed by atoms with Crippen LogP contribution in [0.3, 0.4) is 0 Å². The summed E-state index contributed by atoms with van der Waals surface area (Å²) in [4.78, 5) is 12.3. The van der Waals surface area contributed by atoms with Crippen LogP contribution in [-0.4, -0.2) is 32.9 Å². The fraction of sp³-hybridized carbons (Fsp3) is 0.733. The van der Waals surface area contributed by atoms with E-state index >= 15 is 0 Å². The average Bonchev–Trinajstić information content (AvgIpc) is 2.66. The highest BCUT2D eigenvalue weighted by Gasteiger charge is 2.35. The predicted molar refractivity (Wildman–Crippen MR) is 81.7 cm³/mol. The first kappa shape index (κ1) is 15.8. The largest absolute Gasteiger partial charge is 0.396 e. The van der Waals surface area contributed by atoms with Crippen molar-refractivity contribution in [2.24, 2.45) is 5.92 Å². The fourth-order valence-electron chi connectivity index (χ4n) is 3.29. The maximum absolute atomic E-state index is 12.3. The molecular formula is C15H26N4O2. The Bertz CT molecular complexity index is 526. The van der Waals surface area contributed by atoms with Crippen LogP contribution >= 0.6 is 0 Å². The highest BCUT2D eigenvalue weighted by Crippen LogP contribution is 2.32. The zero-order valence-electron chi connectivity index (χ0n) is 13.1. The Balaban J connectivity index is 2.04. The number of nitrogens with two attached hydrogens (primary N) is 1. The van der Waals surface area contributed by atoms with Crippen LogP contribution in [0.1, 0.15) is 44.0 Å². The molecule has 1 aliphatic carbocycles. The Morgan fingerprint density at radius 2 is 2.29 bits per heavy atom. The van der Waals surface area contributed by atoms with Gasteiger partial charge in [-0.25, -0.2) is 0 Å². The zero-order valence-corrected chi connectivity index (χ0v) is 13.1. The molecule has 2 unspecified atom stereocenters. The number of nitrogens with zero attached hydrogens (tertiary/aromatic N) is 2. The van der Waals surface area contributed by atoms with Crippen LogP contribution in [0.5, 0.6) is 0 Å². The lowest BCUT2D eigenvalue weighted by molar-refractivity contribution is -0.125. The van der Waals surface area contributed by atoms with Gasteiger partial charge in [-0.3, -0.25) is 9.48 Å². The molecule has 0 radical (unpaired) electrons. The van der Waals surface area contributed by atoms with Gasteiger partial charge in [0.1, 0.15) is 6.54 Å². The summed E-state index contributed by atoms with van der Waals surface area (Å²) in [5.41, 5.74) is 7.58. The van der Waals surface area contributed by atoms with Crippen molar-refractivity contribution in [3.8, 4) is 0 Å². The van der Waals surface area contributed by atoms with Gasteiger partial charge in [0.05, 0.1) is 29.2 Å². The number of aliphatic hydroxyl groups is 1. The number of aromatic nitrogens is 2. The van der Waals surface area contributed by atoms with Crippen molar-refractivity contribution in [3.63, 3.8) is 0 Å². The lowest BCUT2D eigenvalue weighted by atomic mass is 9.77. The molecule has 4 N–H and O–H groups in total. The van der Waals surface area contributed by atoms with Gasteiger partial charge in [-0.1, -0.05) is 19.8 Å². The maximum Gasteiger partial charge on any atom is 0.242 e. The molecule has 118 valence electrons. The van der Waals surface area contributed by atoms with Crippen LogP contribution in [0.25, 0.3) is 0 Å². The topological polar surface area (TPSA) is 93.2 Å². The van der Waals surface area contributed by atoms with E-state index in [9.17, 15) is 9.90 Å². The van der Waals surface area contributed by atoms with Gasteiger partial charge in [0.25, 0.3) is 0 Å². The van der Waals surface area contributed by atoms with Crippen LogP contribution < -0.4 is 11.1 Å². The number of aryl methyl sites for hydroxylation is 1. The number of hydrogen-bond acceptors (Lipinski definition) is 4. The van der Waals surface area contributed by atoms with Crippen LogP contribution in [0.15, 0.2) is 0 Å². The summed E-state index contributed by atoms with van der Waals surface area (Å²) >= 11 is 0. The number of nitrogen functional groups attached to an aromatic ring is 1. The Kier molecular flexibility index (Phi) is 4.56. The third-order valence-corrected chi connectivity index (χ3v) is 4.53. The van der Waals surface area contributed by atoms with Crippen molar-refractivity contribution in [1.29, 1.82) is 0 Å². The molecule has 1 aromatic heterocycles. The van der Waals surface area contributed by atoms with E-state index in [0.717, 1.165) is 37.1 Å². The van der Waals surface area contributed by atoms with E-state index in [4.69, 9.17) is 5.73 Å². The molecule has 1 aromatic rings. The molecule has 2 atom stereocenters. The number of rotatable bonds is 4. The molecule has 6 heteroatoms. The molecule has 21 heavy (non-hydrogen) atoms. The first-order valence-electron chi connectivity index (χ1n) is 7.58. The van der Waals surface area contributed by atoms with E-state index in [1.54, 1.807) is 4.68 Å². The van der Waals surface area contributed by atoms with Gasteiger partial charge in [0.2, 0.25) is 5.91 Å². The maximum atomic E-state index is 12.3. The Labute approximate surface area is 125 Å². The van der Waals surface area contributed by atoms with Crippen molar-refractivity contribution in [2.45, 2.75) is 58.5 Å². The highest BCUT2D eigenvalue weighted by atomic mass is 16.3. The summed E-state index contributed by atoms with van der Waals surface area (Å²) in [5.74, 6) is 0.402. The molecule has 0 aliphatic heterocycles. The van der Waals surface area contributed by atoms with Gasteiger partial charge in [0, 0.05) is 0 Å². The van der Waals surface area contributed by atoms with Crippen LogP contribution in [-0.2, 0) is 11.3 Å². The Morgan fingerprint density at radius 1 is 1.57 bits per heavy atom. The van der Waals surface area contributed by atoms with Crippen LogP contribution in [0.4, 0.5) is 5.69 Å². The summed E-state index contributed by atoms with van der Waals surface area (Å²) < 4.78 is 1.62. The molecule has 1 aliphatic rings. The second-order valence-electron chi connectivity index (χ2n) is 6.43. The molecule has 0 saturated heterocycles. The van der Waals surface area contributed by atoms with Gasteiger partial charge in [0.15, 0.2) is 0 Å². The van der Waals surface area contributed by atoms with Gasteiger partial charge in [-0.05, 0) is 32.6 Å². The van der Waals surface area contributed by atoms with Gasteiger partial charge < -0.3 is 16.2 Å². The van der Waals surface area contributed by atoms with Crippen molar-refractivity contribution < 1.29 is 9.90 Å². The number of nitrogens with one attached hydrogen (secondary N) is 1. The van der Waals surface area contributed by atoms with Crippen molar-refractivity contribution in [1.82, 2.24) is 15.1 Å². The first-order valence-corrected chi connectivity index (χ1v) is 7.58. The quantitative estimate of drug-likeness (QED) is 0.776. The summed E-state index contributed by atoms with van der Waals surface area (Å²) in [5, 5.41) is 17.0. The lowest BCUT2D eigenvalue weighted by Crippen LogP contribution is -2.54. The second-order valence-corrected chi connectivity index (χ2v) is 6.43. The molecule has 2 rings (SSSR count). The lowest BCUT2D eigenvalue weighted by Gasteiger charge is -2.39. The summed E-state index contributed by atoms with van der Waals surface area (Å²) in [6, 6.07) is 0. The Morgan fingerprint density at radius 3 is 2.81 bits per heavy atom. The molecule has 1 amide bonds. The van der Waals surface area contributed by atoms with E-state index < -0.39 is 5.54 Å². The predicted octanol–water partition coefficient (Wildman–Crippen LogP) is 1.14. The zero-order chi connectivity index (χ0) is 15.6. The smallest absolute Gasteiger partial charge is 0.242 e.